The number of para-hydroxylation sites is 1. The number of nitrogens with one attached hydrogen (secondary N) is 1. The Hall–Kier alpha value is -2.50. The molecule has 20 heavy (non-hydrogen) atoms. The first kappa shape index (κ1) is 13.9. The fraction of sp³-hybridized carbons (Fsp3) is 0.286. The fourth-order valence-electron chi connectivity index (χ4n) is 2.07. The summed E-state index contributed by atoms with van der Waals surface area (Å²) in [7, 11) is 0. The number of primary amides is 1. The molecule has 1 aromatic carbocycles. The Morgan fingerprint density at radius 1 is 1.50 bits per heavy atom. The molecule has 2 rings (SSSR count). The van der Waals surface area contributed by atoms with E-state index < -0.39 is 5.91 Å². The van der Waals surface area contributed by atoms with Gasteiger partial charge in [-0.25, -0.2) is 0 Å². The van der Waals surface area contributed by atoms with Crippen LogP contribution in [0.25, 0.3) is 0 Å². The minimum atomic E-state index is -0.438. The third kappa shape index (κ3) is 3.28. The van der Waals surface area contributed by atoms with Gasteiger partial charge in [-0.15, -0.1) is 0 Å². The number of nitrogens with zero attached hydrogens (tertiary/aromatic N) is 2. The number of hydrogen-bond donors (Lipinski definition) is 3. The van der Waals surface area contributed by atoms with Gasteiger partial charge in [0.05, 0.1) is 17.9 Å². The second kappa shape index (κ2) is 6.10. The van der Waals surface area contributed by atoms with E-state index in [9.17, 15) is 9.90 Å². The van der Waals surface area contributed by atoms with E-state index in [0.717, 1.165) is 17.7 Å². The molecule has 1 aromatic heterocycles. The molecular weight excluding hydrogens is 256 g/mol. The molecule has 0 bridgehead atoms. The number of aromatic nitrogens is 2. The number of anilines is 1. The van der Waals surface area contributed by atoms with E-state index in [1.54, 1.807) is 24.5 Å². The number of nitrogens with two attached hydrogens (primary N) is 1. The molecule has 6 heteroatoms. The van der Waals surface area contributed by atoms with Crippen molar-refractivity contribution in [1.29, 1.82) is 0 Å². The zero-order valence-electron chi connectivity index (χ0n) is 11.3. The van der Waals surface area contributed by atoms with Crippen molar-refractivity contribution in [3.8, 4) is 5.75 Å². The summed E-state index contributed by atoms with van der Waals surface area (Å²) in [4.78, 5) is 10.8. The molecule has 106 valence electrons. The fourth-order valence-corrected chi connectivity index (χ4v) is 2.07. The Kier molecular flexibility index (Phi) is 4.24. The highest BCUT2D eigenvalue weighted by molar-refractivity contribution is 5.73. The van der Waals surface area contributed by atoms with E-state index in [0.29, 0.717) is 0 Å². The summed E-state index contributed by atoms with van der Waals surface area (Å²) in [6.45, 7) is 2.08. The first-order valence-electron chi connectivity index (χ1n) is 6.45. The van der Waals surface area contributed by atoms with E-state index in [1.807, 2.05) is 19.1 Å². The maximum atomic E-state index is 10.8. The number of benzene rings is 1. The molecule has 1 amide bonds. The van der Waals surface area contributed by atoms with Crippen molar-refractivity contribution in [2.75, 3.05) is 5.32 Å². The van der Waals surface area contributed by atoms with E-state index in [2.05, 4.69) is 10.4 Å². The van der Waals surface area contributed by atoms with Crippen molar-refractivity contribution in [2.45, 2.75) is 25.9 Å². The van der Waals surface area contributed by atoms with E-state index in [1.165, 1.54) is 4.68 Å². The maximum absolute atomic E-state index is 10.8. The van der Waals surface area contributed by atoms with Crippen molar-refractivity contribution in [2.24, 2.45) is 5.73 Å². The normalized spacial score (nSPS) is 12.1. The van der Waals surface area contributed by atoms with Gasteiger partial charge in [-0.1, -0.05) is 25.1 Å². The molecular formula is C14H18N4O2. The Morgan fingerprint density at radius 3 is 2.90 bits per heavy atom. The molecule has 6 nitrogen and oxygen atoms in total. The van der Waals surface area contributed by atoms with Crippen molar-refractivity contribution >= 4 is 11.6 Å². The number of hydrogen-bond acceptors (Lipinski definition) is 4. The molecule has 1 atom stereocenters. The second-order valence-electron chi connectivity index (χ2n) is 4.56. The number of carbonyl (C=O) groups excluding carboxylic acids is 1. The van der Waals surface area contributed by atoms with Crippen LogP contribution in [-0.4, -0.2) is 20.8 Å². The maximum Gasteiger partial charge on any atom is 0.239 e. The molecule has 0 aliphatic carbocycles. The van der Waals surface area contributed by atoms with Crippen molar-refractivity contribution in [1.82, 2.24) is 9.78 Å². The van der Waals surface area contributed by atoms with Gasteiger partial charge in [-0.05, 0) is 12.5 Å². The lowest BCUT2D eigenvalue weighted by Crippen LogP contribution is -2.18. The highest BCUT2D eigenvalue weighted by Crippen LogP contribution is 2.28. The monoisotopic (exact) mass is 274 g/mol. The summed E-state index contributed by atoms with van der Waals surface area (Å²) >= 11 is 0. The molecule has 0 fully saturated rings. The van der Waals surface area contributed by atoms with Crippen LogP contribution < -0.4 is 11.1 Å². The SMILES string of the molecule is CCC(Nc1cnn(CC(N)=O)c1)c1ccccc1O. The number of phenols is 1. The average molecular weight is 274 g/mol. The van der Waals surface area contributed by atoms with Gasteiger partial charge in [-0.3, -0.25) is 9.48 Å². The quantitative estimate of drug-likeness (QED) is 0.746. The summed E-state index contributed by atoms with van der Waals surface area (Å²) < 4.78 is 1.47. The summed E-state index contributed by atoms with van der Waals surface area (Å²) in [5, 5.41) is 17.2. The Labute approximate surface area is 117 Å². The van der Waals surface area contributed by atoms with Crippen LogP contribution >= 0.6 is 0 Å². The first-order chi connectivity index (χ1) is 9.60. The molecule has 0 aliphatic rings. The lowest BCUT2D eigenvalue weighted by Gasteiger charge is -2.18. The van der Waals surface area contributed by atoms with E-state index in [-0.39, 0.29) is 18.3 Å². The summed E-state index contributed by atoms with van der Waals surface area (Å²) in [6.07, 6.45) is 4.15. The molecule has 0 spiro atoms. The highest BCUT2D eigenvalue weighted by atomic mass is 16.3. The topological polar surface area (TPSA) is 93.2 Å². The van der Waals surface area contributed by atoms with Crippen LogP contribution in [0.5, 0.6) is 5.75 Å². The largest absolute Gasteiger partial charge is 0.508 e. The van der Waals surface area contributed by atoms with Crippen LogP contribution in [0, 0.1) is 0 Å². The van der Waals surface area contributed by atoms with Crippen LogP contribution in [0.1, 0.15) is 24.9 Å². The third-order valence-electron chi connectivity index (χ3n) is 3.01. The predicted octanol–water partition coefficient (Wildman–Crippen LogP) is 1.64. The van der Waals surface area contributed by atoms with Gasteiger partial charge in [0.15, 0.2) is 0 Å². The van der Waals surface area contributed by atoms with E-state index >= 15 is 0 Å². The Bertz CT molecular complexity index is 594. The molecule has 0 saturated heterocycles. The molecule has 0 aliphatic heterocycles. The van der Waals surface area contributed by atoms with Gasteiger partial charge in [0.25, 0.3) is 0 Å². The molecule has 2 aromatic rings. The zero-order chi connectivity index (χ0) is 14.5. The zero-order valence-corrected chi connectivity index (χ0v) is 11.3. The van der Waals surface area contributed by atoms with Gasteiger partial charge in [0.2, 0.25) is 5.91 Å². The summed E-state index contributed by atoms with van der Waals surface area (Å²) in [5.41, 5.74) is 6.73. The molecule has 4 N–H and O–H groups in total. The van der Waals surface area contributed by atoms with Crippen molar-refractivity contribution in [3.05, 3.63) is 42.2 Å². The summed E-state index contributed by atoms with van der Waals surface area (Å²) in [6, 6.07) is 7.19. The third-order valence-corrected chi connectivity index (χ3v) is 3.01. The van der Waals surface area contributed by atoms with Gasteiger partial charge in [-0.2, -0.15) is 5.10 Å². The smallest absolute Gasteiger partial charge is 0.239 e. The van der Waals surface area contributed by atoms with Crippen molar-refractivity contribution < 1.29 is 9.90 Å². The molecule has 0 saturated carbocycles. The van der Waals surface area contributed by atoms with Gasteiger partial charge in [0, 0.05) is 11.8 Å². The standard InChI is InChI=1S/C14H18N4O2/c1-2-12(11-5-3-4-6-13(11)19)17-10-7-16-18(8-10)9-14(15)20/h3-8,12,17,19H,2,9H2,1H3,(H2,15,20). The van der Waals surface area contributed by atoms with Crippen molar-refractivity contribution in [3.63, 3.8) is 0 Å². The van der Waals surface area contributed by atoms with E-state index in [4.69, 9.17) is 5.73 Å². The van der Waals surface area contributed by atoms with Gasteiger partial charge >= 0.3 is 0 Å². The van der Waals surface area contributed by atoms with Crippen LogP contribution in [-0.2, 0) is 11.3 Å². The van der Waals surface area contributed by atoms with Crippen LogP contribution in [0.15, 0.2) is 36.7 Å². The lowest BCUT2D eigenvalue weighted by atomic mass is 10.0. The number of phenolic OH excluding ortho intramolecular Hbond substituents is 1. The second-order valence-corrected chi connectivity index (χ2v) is 4.56. The average Bonchev–Trinajstić information content (AvgIpc) is 2.83. The molecule has 0 radical (unpaired) electrons. The molecule has 1 unspecified atom stereocenters. The first-order valence-corrected chi connectivity index (χ1v) is 6.45. The van der Waals surface area contributed by atoms with Crippen LogP contribution in [0.4, 0.5) is 5.69 Å². The predicted molar refractivity (Wildman–Crippen MR) is 76.2 cm³/mol. The minimum absolute atomic E-state index is 0.0255. The van der Waals surface area contributed by atoms with Gasteiger partial charge < -0.3 is 16.2 Å². The molecule has 1 heterocycles. The summed E-state index contributed by atoms with van der Waals surface area (Å²) in [5.74, 6) is -0.177. The van der Waals surface area contributed by atoms with Crippen LogP contribution in [0.3, 0.4) is 0 Å². The van der Waals surface area contributed by atoms with Gasteiger partial charge in [0.1, 0.15) is 12.3 Å². The number of aromatic hydroxyl groups is 1. The Balaban J connectivity index is 2.12. The van der Waals surface area contributed by atoms with Crippen LogP contribution in [0.2, 0.25) is 0 Å². The number of rotatable bonds is 6. The Morgan fingerprint density at radius 2 is 2.25 bits per heavy atom. The lowest BCUT2D eigenvalue weighted by molar-refractivity contribution is -0.118. The number of carbonyl (C=O) groups is 1. The highest BCUT2D eigenvalue weighted by Gasteiger charge is 2.13. The number of amides is 1. The minimum Gasteiger partial charge on any atom is -0.508 e.